The van der Waals surface area contributed by atoms with Gasteiger partial charge in [-0.05, 0) is 24.6 Å². The second-order valence-electron chi connectivity index (χ2n) is 4.42. The number of aliphatic hydroxyl groups excluding tert-OH is 1. The van der Waals surface area contributed by atoms with E-state index in [0.717, 1.165) is 5.56 Å². The van der Waals surface area contributed by atoms with Crippen molar-refractivity contribution in [3.8, 4) is 0 Å². The third-order valence-electron chi connectivity index (χ3n) is 2.99. The molecular weight excluding hydrogens is 240 g/mol. The lowest BCUT2D eigenvalue weighted by Crippen LogP contribution is -2.40. The Balaban J connectivity index is 2.03. The summed E-state index contributed by atoms with van der Waals surface area (Å²) < 4.78 is 22.7. The average Bonchev–Trinajstić information content (AvgIpc) is 2.53. The molecule has 2 rings (SSSR count). The highest BCUT2D eigenvalue weighted by molar-refractivity contribution is 7.91. The van der Waals surface area contributed by atoms with E-state index >= 15 is 0 Å². The molecule has 2 unspecified atom stereocenters. The lowest BCUT2D eigenvalue weighted by Gasteiger charge is -2.21. The molecule has 1 saturated heterocycles. The van der Waals surface area contributed by atoms with Crippen LogP contribution in [0, 0.1) is 0 Å². The molecule has 1 aliphatic rings. The van der Waals surface area contributed by atoms with Gasteiger partial charge >= 0.3 is 0 Å². The predicted octanol–water partition coefficient (Wildman–Crippen LogP) is -0.110. The molecule has 1 fully saturated rings. The standard InChI is InChI=1S/C11H16N2O3S/c1-8(9-2-4-12-5-3-9)13-10-6-17(15,16)7-11(10)14/h2-5,8,10-11,13-14H,6-7H2,1H3/t8-,10?,11?/m1/s1. The summed E-state index contributed by atoms with van der Waals surface area (Å²) in [5.74, 6) is -0.142. The van der Waals surface area contributed by atoms with E-state index in [0.29, 0.717) is 0 Å². The van der Waals surface area contributed by atoms with Crippen LogP contribution in [0.3, 0.4) is 0 Å². The SMILES string of the molecule is C[C@@H](NC1CS(=O)(=O)CC1O)c1ccncc1. The van der Waals surface area contributed by atoms with Gasteiger partial charge in [0.15, 0.2) is 9.84 Å². The fourth-order valence-electron chi connectivity index (χ4n) is 2.06. The van der Waals surface area contributed by atoms with E-state index < -0.39 is 15.9 Å². The highest BCUT2D eigenvalue weighted by atomic mass is 32.2. The van der Waals surface area contributed by atoms with E-state index in [2.05, 4.69) is 10.3 Å². The molecule has 0 aliphatic carbocycles. The van der Waals surface area contributed by atoms with Gasteiger partial charge in [0, 0.05) is 24.5 Å². The summed E-state index contributed by atoms with van der Waals surface area (Å²) in [7, 11) is -3.10. The second-order valence-corrected chi connectivity index (χ2v) is 6.57. The maximum atomic E-state index is 11.4. The topological polar surface area (TPSA) is 79.3 Å². The smallest absolute Gasteiger partial charge is 0.154 e. The molecule has 0 aromatic carbocycles. The number of aliphatic hydroxyl groups is 1. The quantitative estimate of drug-likeness (QED) is 0.789. The number of hydrogen-bond acceptors (Lipinski definition) is 5. The summed E-state index contributed by atoms with van der Waals surface area (Å²) in [4.78, 5) is 3.92. The van der Waals surface area contributed by atoms with Crippen molar-refractivity contribution >= 4 is 9.84 Å². The fourth-order valence-corrected chi connectivity index (χ4v) is 3.81. The Labute approximate surface area is 101 Å². The molecule has 2 N–H and O–H groups in total. The summed E-state index contributed by atoms with van der Waals surface area (Å²) in [6.07, 6.45) is 2.56. The molecule has 1 aromatic heterocycles. The van der Waals surface area contributed by atoms with Gasteiger partial charge in [0.2, 0.25) is 0 Å². The molecule has 1 aromatic rings. The van der Waals surface area contributed by atoms with Crippen molar-refractivity contribution in [1.82, 2.24) is 10.3 Å². The third-order valence-corrected chi connectivity index (χ3v) is 4.71. The lowest BCUT2D eigenvalue weighted by atomic mass is 10.1. The van der Waals surface area contributed by atoms with Gasteiger partial charge in [0.05, 0.1) is 17.6 Å². The number of aromatic nitrogens is 1. The van der Waals surface area contributed by atoms with E-state index in [1.165, 1.54) is 0 Å². The third kappa shape index (κ3) is 3.02. The Morgan fingerprint density at radius 1 is 1.41 bits per heavy atom. The normalized spacial score (nSPS) is 29.1. The first kappa shape index (κ1) is 12.5. The van der Waals surface area contributed by atoms with E-state index in [1.54, 1.807) is 12.4 Å². The van der Waals surface area contributed by atoms with E-state index in [4.69, 9.17) is 0 Å². The molecule has 5 nitrogen and oxygen atoms in total. The van der Waals surface area contributed by atoms with Crippen LogP contribution in [0.5, 0.6) is 0 Å². The molecular formula is C11H16N2O3S. The van der Waals surface area contributed by atoms with Crippen molar-refractivity contribution in [2.75, 3.05) is 11.5 Å². The van der Waals surface area contributed by atoms with Gasteiger partial charge < -0.3 is 10.4 Å². The molecule has 3 atom stereocenters. The van der Waals surface area contributed by atoms with Crippen molar-refractivity contribution < 1.29 is 13.5 Å². The number of nitrogens with one attached hydrogen (secondary N) is 1. The van der Waals surface area contributed by atoms with Gasteiger partial charge in [-0.25, -0.2) is 8.42 Å². The number of pyridine rings is 1. The number of sulfone groups is 1. The van der Waals surface area contributed by atoms with Crippen molar-refractivity contribution in [3.05, 3.63) is 30.1 Å². The molecule has 0 amide bonds. The lowest BCUT2D eigenvalue weighted by molar-refractivity contribution is 0.160. The second kappa shape index (κ2) is 4.72. The molecule has 0 saturated carbocycles. The van der Waals surface area contributed by atoms with Gasteiger partial charge in [0.25, 0.3) is 0 Å². The first-order valence-corrected chi connectivity index (χ1v) is 7.34. The molecule has 0 radical (unpaired) electrons. The summed E-state index contributed by atoms with van der Waals surface area (Å²) in [5.41, 5.74) is 1.02. The van der Waals surface area contributed by atoms with Crippen LogP contribution in [0.25, 0.3) is 0 Å². The molecule has 0 bridgehead atoms. The first-order chi connectivity index (χ1) is 7.98. The van der Waals surface area contributed by atoms with Crippen LogP contribution in [0.4, 0.5) is 0 Å². The Morgan fingerprint density at radius 3 is 2.59 bits per heavy atom. The highest BCUT2D eigenvalue weighted by Gasteiger charge is 2.36. The maximum Gasteiger partial charge on any atom is 0.154 e. The zero-order valence-electron chi connectivity index (χ0n) is 9.57. The molecule has 6 heteroatoms. The van der Waals surface area contributed by atoms with Crippen molar-refractivity contribution in [2.24, 2.45) is 0 Å². The van der Waals surface area contributed by atoms with Crippen LogP contribution in [0.2, 0.25) is 0 Å². The van der Waals surface area contributed by atoms with Gasteiger partial charge in [-0.2, -0.15) is 0 Å². The Hall–Kier alpha value is -0.980. The maximum absolute atomic E-state index is 11.4. The molecule has 17 heavy (non-hydrogen) atoms. The van der Waals surface area contributed by atoms with Gasteiger partial charge in [-0.15, -0.1) is 0 Å². The van der Waals surface area contributed by atoms with E-state index in [9.17, 15) is 13.5 Å². The van der Waals surface area contributed by atoms with Gasteiger partial charge in [-0.3, -0.25) is 4.98 Å². The Bertz CT molecular complexity index is 475. The van der Waals surface area contributed by atoms with Crippen LogP contribution >= 0.6 is 0 Å². The van der Waals surface area contributed by atoms with Gasteiger partial charge in [-0.1, -0.05) is 0 Å². The fraction of sp³-hybridized carbons (Fsp3) is 0.545. The van der Waals surface area contributed by atoms with Crippen molar-refractivity contribution in [1.29, 1.82) is 0 Å². The largest absolute Gasteiger partial charge is 0.390 e. The Morgan fingerprint density at radius 2 is 2.06 bits per heavy atom. The summed E-state index contributed by atoms with van der Waals surface area (Å²) in [6, 6.07) is 3.34. The minimum absolute atomic E-state index is 0.00356. The molecule has 2 heterocycles. The summed E-state index contributed by atoms with van der Waals surface area (Å²) >= 11 is 0. The summed E-state index contributed by atoms with van der Waals surface area (Å²) in [5, 5.41) is 12.8. The number of rotatable bonds is 3. The van der Waals surface area contributed by atoms with Crippen LogP contribution < -0.4 is 5.32 Å². The average molecular weight is 256 g/mol. The molecule has 1 aliphatic heterocycles. The number of nitrogens with zero attached hydrogens (tertiary/aromatic N) is 1. The molecule has 94 valence electrons. The monoisotopic (exact) mass is 256 g/mol. The van der Waals surface area contributed by atoms with Crippen molar-refractivity contribution in [2.45, 2.75) is 25.1 Å². The van der Waals surface area contributed by atoms with E-state index in [-0.39, 0.29) is 23.6 Å². The van der Waals surface area contributed by atoms with Crippen LogP contribution in [0.15, 0.2) is 24.5 Å². The van der Waals surface area contributed by atoms with Crippen LogP contribution in [-0.2, 0) is 9.84 Å². The minimum Gasteiger partial charge on any atom is -0.390 e. The van der Waals surface area contributed by atoms with E-state index in [1.807, 2.05) is 19.1 Å². The Kier molecular flexibility index (Phi) is 3.46. The molecule has 0 spiro atoms. The summed E-state index contributed by atoms with van der Waals surface area (Å²) in [6.45, 7) is 1.94. The highest BCUT2D eigenvalue weighted by Crippen LogP contribution is 2.17. The zero-order chi connectivity index (χ0) is 12.5. The van der Waals surface area contributed by atoms with Crippen LogP contribution in [-0.4, -0.2) is 42.2 Å². The first-order valence-electron chi connectivity index (χ1n) is 5.52. The van der Waals surface area contributed by atoms with Gasteiger partial charge in [0.1, 0.15) is 0 Å². The van der Waals surface area contributed by atoms with Crippen molar-refractivity contribution in [3.63, 3.8) is 0 Å². The van der Waals surface area contributed by atoms with Crippen LogP contribution in [0.1, 0.15) is 18.5 Å². The zero-order valence-corrected chi connectivity index (χ0v) is 10.4. The minimum atomic E-state index is -3.10. The predicted molar refractivity (Wildman–Crippen MR) is 64.2 cm³/mol. The number of hydrogen-bond donors (Lipinski definition) is 2.